The Bertz CT molecular complexity index is 1140. The molecule has 0 aliphatic carbocycles. The van der Waals surface area contributed by atoms with Crippen LogP contribution in [0.3, 0.4) is 0 Å². The number of likely N-dealkylation sites (N-methyl/N-ethyl adjacent to an activating group) is 1. The number of ether oxygens (including phenoxy) is 1. The van der Waals surface area contributed by atoms with Gasteiger partial charge >= 0.3 is 0 Å². The third-order valence-electron chi connectivity index (χ3n) is 5.22. The molecule has 0 saturated heterocycles. The molecule has 34 heavy (non-hydrogen) atoms. The van der Waals surface area contributed by atoms with Gasteiger partial charge in [-0.15, -0.1) is 0 Å². The van der Waals surface area contributed by atoms with Gasteiger partial charge in [-0.1, -0.05) is 30.3 Å². The van der Waals surface area contributed by atoms with Crippen molar-refractivity contribution in [3.05, 3.63) is 64.2 Å². The predicted octanol–water partition coefficient (Wildman–Crippen LogP) is 1.58. The number of carbonyl (C=O) groups excluding carboxylic acids is 2. The first kappa shape index (κ1) is 26.6. The van der Waals surface area contributed by atoms with Gasteiger partial charge in [0.05, 0.1) is 18.3 Å². The number of nitrogens with zero attached hydrogens (tertiary/aromatic N) is 3. The fraction of sp³-hybridized carbons (Fsp3) is 0.364. The molecule has 1 N–H and O–H groups in total. The number of anilines is 1. The van der Waals surface area contributed by atoms with E-state index in [1.807, 2.05) is 30.3 Å². The SMILES string of the molecule is CNC(=O)[C@@H](C)N(CCc1ccccc1)C(=O)CN(c1cc([N+](=O)[O-])ccc1OC)S(C)(=O)=O. The number of hydrogen-bond acceptors (Lipinski definition) is 7. The second kappa shape index (κ2) is 11.5. The molecule has 1 atom stereocenters. The summed E-state index contributed by atoms with van der Waals surface area (Å²) < 4.78 is 31.2. The standard InChI is InChI=1S/C22H28N4O7S/c1-16(22(28)23-2)24(13-12-17-8-6-5-7-9-17)21(27)15-25(34(4,31)32)19-14-18(26(29)30)10-11-20(19)33-3/h5-11,14,16H,12-13,15H2,1-4H3,(H,23,28)/t16-/m1/s1. The molecule has 0 fully saturated rings. The van der Waals surface area contributed by atoms with E-state index < -0.39 is 39.3 Å². The molecular formula is C22H28N4O7S. The topological polar surface area (TPSA) is 139 Å². The van der Waals surface area contributed by atoms with E-state index in [0.29, 0.717) is 6.42 Å². The van der Waals surface area contributed by atoms with Gasteiger partial charge in [0.15, 0.2) is 0 Å². The van der Waals surface area contributed by atoms with Gasteiger partial charge < -0.3 is 15.0 Å². The number of non-ortho nitro benzene ring substituents is 1. The molecule has 2 aromatic rings. The molecule has 11 nitrogen and oxygen atoms in total. The number of methoxy groups -OCH3 is 1. The van der Waals surface area contributed by atoms with Crippen LogP contribution in [0.2, 0.25) is 0 Å². The van der Waals surface area contributed by atoms with Crippen LogP contribution < -0.4 is 14.4 Å². The molecule has 0 radical (unpaired) electrons. The maximum Gasteiger partial charge on any atom is 0.271 e. The van der Waals surface area contributed by atoms with Crippen molar-refractivity contribution in [2.75, 3.05) is 37.8 Å². The number of rotatable bonds is 11. The van der Waals surface area contributed by atoms with Gasteiger partial charge in [0.25, 0.3) is 5.69 Å². The Morgan fingerprint density at radius 2 is 1.82 bits per heavy atom. The van der Waals surface area contributed by atoms with Gasteiger partial charge in [-0.2, -0.15) is 0 Å². The van der Waals surface area contributed by atoms with Crippen molar-refractivity contribution in [1.29, 1.82) is 0 Å². The van der Waals surface area contributed by atoms with E-state index in [-0.39, 0.29) is 23.7 Å². The quantitative estimate of drug-likeness (QED) is 0.371. The highest BCUT2D eigenvalue weighted by molar-refractivity contribution is 7.92. The second-order valence-electron chi connectivity index (χ2n) is 7.50. The maximum atomic E-state index is 13.3. The summed E-state index contributed by atoms with van der Waals surface area (Å²) in [5, 5.41) is 13.7. The van der Waals surface area contributed by atoms with Gasteiger partial charge in [0.2, 0.25) is 21.8 Å². The van der Waals surface area contributed by atoms with Gasteiger partial charge in [0.1, 0.15) is 24.0 Å². The summed E-state index contributed by atoms with van der Waals surface area (Å²) in [5.74, 6) is -1.02. The van der Waals surface area contributed by atoms with Crippen LogP contribution in [-0.2, 0) is 26.0 Å². The van der Waals surface area contributed by atoms with Gasteiger partial charge in [0, 0.05) is 25.7 Å². The van der Waals surface area contributed by atoms with E-state index in [1.54, 1.807) is 6.92 Å². The number of nitro benzene ring substituents is 1. The Labute approximate surface area is 198 Å². The summed E-state index contributed by atoms with van der Waals surface area (Å²) in [7, 11) is -1.33. The molecule has 0 aliphatic rings. The number of nitrogens with one attached hydrogen (secondary N) is 1. The van der Waals surface area contributed by atoms with Gasteiger partial charge in [-0.25, -0.2) is 8.42 Å². The maximum absolute atomic E-state index is 13.3. The summed E-state index contributed by atoms with van der Waals surface area (Å²) in [6.45, 7) is 1.02. The first-order valence-corrected chi connectivity index (χ1v) is 12.2. The average Bonchev–Trinajstić information content (AvgIpc) is 2.81. The summed E-state index contributed by atoms with van der Waals surface area (Å²) >= 11 is 0. The molecule has 0 aromatic heterocycles. The van der Waals surface area contributed by atoms with E-state index in [1.165, 1.54) is 31.2 Å². The molecule has 0 spiro atoms. The van der Waals surface area contributed by atoms with E-state index in [2.05, 4.69) is 5.32 Å². The Morgan fingerprint density at radius 3 is 2.35 bits per heavy atom. The van der Waals surface area contributed by atoms with Crippen LogP contribution in [0.25, 0.3) is 0 Å². The van der Waals surface area contributed by atoms with Crippen LogP contribution in [0.5, 0.6) is 5.75 Å². The summed E-state index contributed by atoms with van der Waals surface area (Å²) in [6, 6.07) is 11.9. The highest BCUT2D eigenvalue weighted by atomic mass is 32.2. The lowest BCUT2D eigenvalue weighted by Crippen LogP contribution is -2.51. The molecule has 2 amide bonds. The van der Waals surface area contributed by atoms with Crippen molar-refractivity contribution in [2.45, 2.75) is 19.4 Å². The number of nitro groups is 1. The van der Waals surface area contributed by atoms with E-state index >= 15 is 0 Å². The monoisotopic (exact) mass is 492 g/mol. The van der Waals surface area contributed by atoms with E-state index in [0.717, 1.165) is 22.2 Å². The lowest BCUT2D eigenvalue weighted by atomic mass is 10.1. The lowest BCUT2D eigenvalue weighted by Gasteiger charge is -2.31. The highest BCUT2D eigenvalue weighted by Crippen LogP contribution is 2.33. The minimum atomic E-state index is -4.06. The Kier molecular flexibility index (Phi) is 8.96. The molecule has 0 bridgehead atoms. The average molecular weight is 493 g/mol. The van der Waals surface area contributed by atoms with E-state index in [9.17, 15) is 28.1 Å². The molecule has 2 rings (SSSR count). The third-order valence-corrected chi connectivity index (χ3v) is 6.35. The van der Waals surface area contributed by atoms with Crippen molar-refractivity contribution < 1.29 is 27.7 Å². The summed E-state index contributed by atoms with van der Waals surface area (Å²) in [5.41, 5.74) is 0.421. The van der Waals surface area contributed by atoms with Gasteiger partial charge in [-0.3, -0.25) is 24.0 Å². The highest BCUT2D eigenvalue weighted by Gasteiger charge is 2.31. The number of amides is 2. The third kappa shape index (κ3) is 6.67. The minimum Gasteiger partial charge on any atom is -0.495 e. The number of sulfonamides is 1. The Balaban J connectivity index is 2.43. The zero-order chi connectivity index (χ0) is 25.5. The fourth-order valence-electron chi connectivity index (χ4n) is 3.36. The van der Waals surface area contributed by atoms with Crippen LogP contribution in [0.1, 0.15) is 12.5 Å². The first-order valence-electron chi connectivity index (χ1n) is 10.3. The first-order chi connectivity index (χ1) is 16.0. The van der Waals surface area contributed by atoms with Crippen molar-refractivity contribution in [3.8, 4) is 5.75 Å². The van der Waals surface area contributed by atoms with Crippen molar-refractivity contribution in [2.24, 2.45) is 0 Å². The van der Waals surface area contributed by atoms with Crippen molar-refractivity contribution >= 4 is 33.2 Å². The number of hydrogen-bond donors (Lipinski definition) is 1. The lowest BCUT2D eigenvalue weighted by molar-refractivity contribution is -0.384. The molecule has 0 saturated carbocycles. The largest absolute Gasteiger partial charge is 0.495 e. The zero-order valence-corrected chi connectivity index (χ0v) is 20.2. The molecule has 12 heteroatoms. The molecule has 184 valence electrons. The molecule has 0 unspecified atom stereocenters. The summed E-state index contributed by atoms with van der Waals surface area (Å²) in [4.78, 5) is 37.5. The van der Waals surface area contributed by atoms with Gasteiger partial charge in [-0.05, 0) is 25.0 Å². The number of benzene rings is 2. The Morgan fingerprint density at radius 1 is 1.18 bits per heavy atom. The van der Waals surface area contributed by atoms with Crippen LogP contribution in [0, 0.1) is 10.1 Å². The molecular weight excluding hydrogens is 464 g/mol. The zero-order valence-electron chi connectivity index (χ0n) is 19.4. The van der Waals surface area contributed by atoms with Crippen LogP contribution in [0.4, 0.5) is 11.4 Å². The fourth-order valence-corrected chi connectivity index (χ4v) is 4.21. The molecule has 0 heterocycles. The van der Waals surface area contributed by atoms with Crippen molar-refractivity contribution in [3.63, 3.8) is 0 Å². The van der Waals surface area contributed by atoms with Crippen LogP contribution in [-0.4, -0.2) is 69.6 Å². The van der Waals surface area contributed by atoms with E-state index in [4.69, 9.17) is 4.74 Å². The second-order valence-corrected chi connectivity index (χ2v) is 9.40. The summed E-state index contributed by atoms with van der Waals surface area (Å²) in [6.07, 6.45) is 1.32. The van der Waals surface area contributed by atoms with Crippen LogP contribution >= 0.6 is 0 Å². The van der Waals surface area contributed by atoms with Crippen LogP contribution in [0.15, 0.2) is 48.5 Å². The molecule has 2 aromatic carbocycles. The normalized spacial score (nSPS) is 11.9. The smallest absolute Gasteiger partial charge is 0.271 e. The predicted molar refractivity (Wildman–Crippen MR) is 127 cm³/mol. The Hall–Kier alpha value is -3.67. The molecule has 0 aliphatic heterocycles. The van der Waals surface area contributed by atoms with Crippen molar-refractivity contribution in [1.82, 2.24) is 10.2 Å². The number of carbonyl (C=O) groups is 2. The minimum absolute atomic E-state index is 0.0408.